The van der Waals surface area contributed by atoms with Crippen LogP contribution in [-0.2, 0) is 9.53 Å². The molecule has 152 valence electrons. The summed E-state index contributed by atoms with van der Waals surface area (Å²) < 4.78 is 15.5. The zero-order valence-corrected chi connectivity index (χ0v) is 17.2. The number of thioether (sulfide) groups is 1. The fraction of sp³-hybridized carbons (Fsp3) is 0.238. The molecule has 0 bridgehead atoms. The van der Waals surface area contributed by atoms with E-state index < -0.39 is 0 Å². The molecule has 2 aromatic carbocycles. The second-order valence-corrected chi connectivity index (χ2v) is 7.07. The smallest absolute Gasteiger partial charge is 0.266 e. The van der Waals surface area contributed by atoms with Crippen molar-refractivity contribution in [3.63, 3.8) is 0 Å². The summed E-state index contributed by atoms with van der Waals surface area (Å²) in [6.45, 7) is 0.793. The van der Waals surface area contributed by atoms with Gasteiger partial charge in [0.25, 0.3) is 5.91 Å². The largest absolute Gasteiger partial charge is 0.502 e. The summed E-state index contributed by atoms with van der Waals surface area (Å²) in [5.41, 5.74) is 1.43. The van der Waals surface area contributed by atoms with Gasteiger partial charge in [-0.15, -0.1) is 0 Å². The van der Waals surface area contributed by atoms with Gasteiger partial charge in [-0.1, -0.05) is 18.2 Å². The SMILES string of the molecule is COCCN1C(=O)/C(=C/c2cc(OC)c(O)c(OC)c2)SC1=Nc1ccccc1. The quantitative estimate of drug-likeness (QED) is 0.697. The summed E-state index contributed by atoms with van der Waals surface area (Å²) in [6.07, 6.45) is 1.73. The maximum absolute atomic E-state index is 13.0. The lowest BCUT2D eigenvalue weighted by Crippen LogP contribution is -2.32. The number of aromatic hydroxyl groups is 1. The Kier molecular flexibility index (Phi) is 6.79. The molecule has 8 heteroatoms. The van der Waals surface area contributed by atoms with Crippen molar-refractivity contribution in [1.82, 2.24) is 4.90 Å². The van der Waals surface area contributed by atoms with E-state index >= 15 is 0 Å². The Morgan fingerprint density at radius 2 is 1.76 bits per heavy atom. The molecule has 1 saturated heterocycles. The number of carbonyl (C=O) groups is 1. The minimum atomic E-state index is -0.160. The third-order valence-electron chi connectivity index (χ3n) is 4.19. The van der Waals surface area contributed by atoms with Crippen LogP contribution in [0.2, 0.25) is 0 Å². The molecule has 29 heavy (non-hydrogen) atoms. The van der Waals surface area contributed by atoms with Crippen LogP contribution in [-0.4, -0.2) is 55.6 Å². The molecule has 0 aromatic heterocycles. The number of ether oxygens (including phenoxy) is 3. The molecule has 0 saturated carbocycles. The summed E-state index contributed by atoms with van der Waals surface area (Å²) in [5.74, 6) is 0.283. The first kappa shape index (κ1) is 20.8. The van der Waals surface area contributed by atoms with Gasteiger partial charge in [0.05, 0.1) is 38.0 Å². The van der Waals surface area contributed by atoms with Crippen LogP contribution in [0.15, 0.2) is 52.4 Å². The number of phenolic OH excluding ortho intramolecular Hbond substituents is 1. The first-order valence-corrected chi connectivity index (χ1v) is 9.68. The van der Waals surface area contributed by atoms with Gasteiger partial charge < -0.3 is 19.3 Å². The summed E-state index contributed by atoms with van der Waals surface area (Å²) in [7, 11) is 4.50. The summed E-state index contributed by atoms with van der Waals surface area (Å²) in [6, 6.07) is 12.7. The number of amidine groups is 1. The lowest BCUT2D eigenvalue weighted by atomic mass is 10.1. The van der Waals surface area contributed by atoms with Crippen molar-refractivity contribution in [3.8, 4) is 17.2 Å². The van der Waals surface area contributed by atoms with Crippen LogP contribution in [0.3, 0.4) is 0 Å². The van der Waals surface area contributed by atoms with Gasteiger partial charge in [0, 0.05) is 7.11 Å². The standard InChI is InChI=1S/C21H22N2O5S/c1-26-10-9-23-20(25)18(29-21(23)22-15-7-5-4-6-8-15)13-14-11-16(27-2)19(24)17(12-14)28-3/h4-8,11-13,24H,9-10H2,1-3H3/b18-13-,22-21?. The van der Waals surface area contributed by atoms with Gasteiger partial charge in [-0.3, -0.25) is 9.69 Å². The summed E-state index contributed by atoms with van der Waals surface area (Å²) >= 11 is 1.29. The average molecular weight is 414 g/mol. The highest BCUT2D eigenvalue weighted by molar-refractivity contribution is 8.18. The van der Waals surface area contributed by atoms with Crippen LogP contribution < -0.4 is 9.47 Å². The van der Waals surface area contributed by atoms with Crippen LogP contribution in [0.4, 0.5) is 5.69 Å². The molecule has 1 aliphatic rings. The number of rotatable bonds is 7. The second-order valence-electron chi connectivity index (χ2n) is 6.06. The summed E-state index contributed by atoms with van der Waals surface area (Å²) in [5, 5.41) is 10.7. The van der Waals surface area contributed by atoms with Crippen molar-refractivity contribution < 1.29 is 24.1 Å². The third kappa shape index (κ3) is 4.72. The molecule has 0 atom stereocenters. The zero-order chi connectivity index (χ0) is 20.8. The number of aliphatic imine (C=N–C) groups is 1. The number of hydrogen-bond donors (Lipinski definition) is 1. The lowest BCUT2D eigenvalue weighted by Gasteiger charge is -2.14. The number of para-hydroxylation sites is 1. The Bertz CT molecular complexity index is 918. The van der Waals surface area contributed by atoms with Crippen LogP contribution >= 0.6 is 11.8 Å². The van der Waals surface area contributed by atoms with Gasteiger partial charge in [-0.25, -0.2) is 4.99 Å². The van der Waals surface area contributed by atoms with E-state index in [4.69, 9.17) is 14.2 Å². The molecule has 1 heterocycles. The number of phenols is 1. The van der Waals surface area contributed by atoms with E-state index in [2.05, 4.69) is 4.99 Å². The van der Waals surface area contributed by atoms with Crippen LogP contribution in [0, 0.1) is 0 Å². The highest BCUT2D eigenvalue weighted by Gasteiger charge is 2.33. The normalized spacial score (nSPS) is 16.7. The Labute approximate surface area is 173 Å². The number of amides is 1. The third-order valence-corrected chi connectivity index (χ3v) is 5.19. The van der Waals surface area contributed by atoms with Crippen molar-refractivity contribution in [2.24, 2.45) is 4.99 Å². The fourth-order valence-electron chi connectivity index (χ4n) is 2.73. The van der Waals surface area contributed by atoms with Crippen LogP contribution in [0.1, 0.15) is 5.56 Å². The Balaban J connectivity index is 1.98. The minimum Gasteiger partial charge on any atom is -0.502 e. The lowest BCUT2D eigenvalue weighted by molar-refractivity contribution is -0.122. The number of carbonyl (C=O) groups excluding carboxylic acids is 1. The van der Waals surface area contributed by atoms with Gasteiger partial charge >= 0.3 is 0 Å². The van der Waals surface area contributed by atoms with Crippen LogP contribution in [0.5, 0.6) is 17.2 Å². The van der Waals surface area contributed by atoms with E-state index in [1.807, 2.05) is 30.3 Å². The van der Waals surface area contributed by atoms with E-state index in [1.54, 1.807) is 30.2 Å². The van der Waals surface area contributed by atoms with Crippen LogP contribution in [0.25, 0.3) is 6.08 Å². The average Bonchev–Trinajstić information content (AvgIpc) is 3.02. The number of benzene rings is 2. The van der Waals surface area contributed by atoms with Gasteiger partial charge in [0.1, 0.15) is 0 Å². The zero-order valence-electron chi connectivity index (χ0n) is 16.4. The molecule has 7 nitrogen and oxygen atoms in total. The van der Waals surface area contributed by atoms with Crippen molar-refractivity contribution in [3.05, 3.63) is 52.9 Å². The van der Waals surface area contributed by atoms with Crippen molar-refractivity contribution in [2.45, 2.75) is 0 Å². The molecule has 1 N–H and O–H groups in total. The molecular formula is C21H22N2O5S. The molecule has 1 fully saturated rings. The first-order chi connectivity index (χ1) is 14.1. The molecule has 0 aliphatic carbocycles. The number of methoxy groups -OCH3 is 3. The highest BCUT2D eigenvalue weighted by atomic mass is 32.2. The van der Waals surface area contributed by atoms with Gasteiger partial charge in [-0.05, 0) is 47.7 Å². The van der Waals surface area contributed by atoms with Gasteiger partial charge in [-0.2, -0.15) is 0 Å². The van der Waals surface area contributed by atoms with Crippen molar-refractivity contribution >= 4 is 34.6 Å². The predicted octanol–water partition coefficient (Wildman–Crippen LogP) is 3.66. The molecule has 3 rings (SSSR count). The molecule has 0 spiro atoms. The molecular weight excluding hydrogens is 392 g/mol. The first-order valence-electron chi connectivity index (χ1n) is 8.86. The molecule has 0 radical (unpaired) electrons. The van der Waals surface area contributed by atoms with Crippen molar-refractivity contribution in [2.75, 3.05) is 34.5 Å². The minimum absolute atomic E-state index is 0.0874. The van der Waals surface area contributed by atoms with E-state index in [9.17, 15) is 9.90 Å². The van der Waals surface area contributed by atoms with E-state index in [-0.39, 0.29) is 23.2 Å². The Morgan fingerprint density at radius 3 is 2.34 bits per heavy atom. The summed E-state index contributed by atoms with van der Waals surface area (Å²) in [4.78, 5) is 19.7. The molecule has 1 amide bonds. The maximum Gasteiger partial charge on any atom is 0.266 e. The fourth-order valence-corrected chi connectivity index (χ4v) is 3.76. The van der Waals surface area contributed by atoms with Crippen molar-refractivity contribution in [1.29, 1.82) is 0 Å². The Hall–Kier alpha value is -2.97. The number of hydrogen-bond acceptors (Lipinski definition) is 7. The van der Waals surface area contributed by atoms with Gasteiger partial charge in [0.15, 0.2) is 16.7 Å². The predicted molar refractivity (Wildman–Crippen MR) is 114 cm³/mol. The van der Waals surface area contributed by atoms with E-state index in [1.165, 1.54) is 26.0 Å². The van der Waals surface area contributed by atoms with Gasteiger partial charge in [0.2, 0.25) is 5.75 Å². The molecule has 0 unspecified atom stereocenters. The van der Waals surface area contributed by atoms with E-state index in [0.29, 0.717) is 28.8 Å². The highest BCUT2D eigenvalue weighted by Crippen LogP contribution is 2.39. The Morgan fingerprint density at radius 1 is 1.10 bits per heavy atom. The second kappa shape index (κ2) is 9.49. The van der Waals surface area contributed by atoms with E-state index in [0.717, 1.165) is 5.69 Å². The topological polar surface area (TPSA) is 80.6 Å². The molecule has 1 aliphatic heterocycles. The maximum atomic E-state index is 13.0. The molecule has 2 aromatic rings. The number of nitrogens with zero attached hydrogens (tertiary/aromatic N) is 2. The monoisotopic (exact) mass is 414 g/mol.